The predicted molar refractivity (Wildman–Crippen MR) is 107 cm³/mol. The molecule has 2 N–H and O–H groups in total. The lowest BCUT2D eigenvalue weighted by Crippen LogP contribution is -2.27. The molecule has 0 saturated carbocycles. The molecule has 7 nitrogen and oxygen atoms in total. The third-order valence-corrected chi connectivity index (χ3v) is 6.32. The van der Waals surface area contributed by atoms with Crippen LogP contribution in [0.15, 0.2) is 47.4 Å². The van der Waals surface area contributed by atoms with Gasteiger partial charge in [-0.15, -0.1) is 0 Å². The summed E-state index contributed by atoms with van der Waals surface area (Å²) in [4.78, 5) is 4.77. The Kier molecular flexibility index (Phi) is 6.27. The van der Waals surface area contributed by atoms with Crippen molar-refractivity contribution in [1.82, 2.24) is 9.71 Å². The van der Waals surface area contributed by atoms with E-state index in [1.807, 2.05) is 18.2 Å². The van der Waals surface area contributed by atoms with Gasteiger partial charge in [0.15, 0.2) is 5.13 Å². The molecule has 144 valence electrons. The number of thiazole rings is 1. The second kappa shape index (κ2) is 8.66. The van der Waals surface area contributed by atoms with Gasteiger partial charge in [0.25, 0.3) is 0 Å². The zero-order valence-corrected chi connectivity index (χ0v) is 16.7. The molecule has 27 heavy (non-hydrogen) atoms. The van der Waals surface area contributed by atoms with Gasteiger partial charge in [-0.25, -0.2) is 18.1 Å². The lowest BCUT2D eigenvalue weighted by atomic mass is 10.2. The molecule has 0 amide bonds. The van der Waals surface area contributed by atoms with Gasteiger partial charge in [0.05, 0.1) is 28.8 Å². The molecule has 0 bridgehead atoms. The normalized spacial score (nSPS) is 11.6. The monoisotopic (exact) mass is 407 g/mol. The Hall–Kier alpha value is -2.20. The van der Waals surface area contributed by atoms with Gasteiger partial charge >= 0.3 is 0 Å². The van der Waals surface area contributed by atoms with E-state index in [-0.39, 0.29) is 11.4 Å². The lowest BCUT2D eigenvalue weighted by molar-refractivity contribution is 0.204. The molecule has 0 aliphatic carbocycles. The van der Waals surface area contributed by atoms with Crippen molar-refractivity contribution in [2.75, 3.05) is 32.7 Å². The molecule has 0 aliphatic heterocycles. The molecule has 2 aromatic carbocycles. The fourth-order valence-electron chi connectivity index (χ4n) is 2.43. The summed E-state index contributed by atoms with van der Waals surface area (Å²) in [6.07, 6.45) is 0. The zero-order chi connectivity index (χ0) is 19.3. The topological polar surface area (TPSA) is 89.5 Å². The first-order valence-corrected chi connectivity index (χ1v) is 10.6. The minimum absolute atomic E-state index is 0.231. The Balaban J connectivity index is 1.63. The maximum Gasteiger partial charge on any atom is 0.240 e. The smallest absolute Gasteiger partial charge is 0.240 e. The molecular weight excluding hydrogens is 386 g/mol. The summed E-state index contributed by atoms with van der Waals surface area (Å²) in [5.74, 6) is 0.800. The molecule has 0 fully saturated rings. The van der Waals surface area contributed by atoms with Crippen LogP contribution < -0.4 is 14.8 Å². The average Bonchev–Trinajstić information content (AvgIpc) is 3.08. The number of aromatic nitrogens is 1. The van der Waals surface area contributed by atoms with Crippen molar-refractivity contribution in [3.63, 3.8) is 0 Å². The number of hydrogen-bond donors (Lipinski definition) is 2. The molecule has 0 saturated heterocycles. The first-order valence-electron chi connectivity index (χ1n) is 8.28. The van der Waals surface area contributed by atoms with Crippen molar-refractivity contribution < 1.29 is 17.9 Å². The molecule has 1 aromatic heterocycles. The highest BCUT2D eigenvalue weighted by atomic mass is 32.2. The van der Waals surface area contributed by atoms with Crippen molar-refractivity contribution in [2.45, 2.75) is 11.4 Å². The predicted octanol–water partition coefficient (Wildman–Crippen LogP) is 2.84. The first-order chi connectivity index (χ1) is 13.0. The molecule has 3 rings (SSSR count). The van der Waals surface area contributed by atoms with Crippen LogP contribution in [-0.2, 0) is 21.3 Å². The van der Waals surface area contributed by atoms with Gasteiger partial charge in [0.1, 0.15) is 5.75 Å². The van der Waals surface area contributed by atoms with Gasteiger partial charge in [-0.05, 0) is 35.9 Å². The Labute approximate surface area is 162 Å². The van der Waals surface area contributed by atoms with E-state index in [0.717, 1.165) is 26.7 Å². The number of sulfonamides is 1. The minimum atomic E-state index is -3.51. The molecular formula is C18H21N3O4S2. The van der Waals surface area contributed by atoms with Crippen LogP contribution in [0.25, 0.3) is 10.2 Å². The van der Waals surface area contributed by atoms with Crippen LogP contribution in [0.1, 0.15) is 5.56 Å². The van der Waals surface area contributed by atoms with Gasteiger partial charge in [-0.1, -0.05) is 23.5 Å². The molecule has 0 atom stereocenters. The van der Waals surface area contributed by atoms with Crippen molar-refractivity contribution in [3.8, 4) is 5.75 Å². The van der Waals surface area contributed by atoms with Crippen LogP contribution >= 0.6 is 11.3 Å². The van der Waals surface area contributed by atoms with Gasteiger partial charge in [-0.3, -0.25) is 0 Å². The van der Waals surface area contributed by atoms with Gasteiger partial charge in [0, 0.05) is 20.2 Å². The van der Waals surface area contributed by atoms with Crippen LogP contribution in [0.4, 0.5) is 5.13 Å². The zero-order valence-electron chi connectivity index (χ0n) is 15.1. The average molecular weight is 408 g/mol. The summed E-state index contributed by atoms with van der Waals surface area (Å²) >= 11 is 1.54. The summed E-state index contributed by atoms with van der Waals surface area (Å²) in [6.45, 7) is 1.12. The molecule has 0 unspecified atom stereocenters. The number of methoxy groups -OCH3 is 2. The van der Waals surface area contributed by atoms with E-state index < -0.39 is 10.0 Å². The van der Waals surface area contributed by atoms with E-state index in [2.05, 4.69) is 15.0 Å². The van der Waals surface area contributed by atoms with Crippen LogP contribution in [-0.4, -0.2) is 40.8 Å². The maximum atomic E-state index is 12.1. The van der Waals surface area contributed by atoms with E-state index in [0.29, 0.717) is 13.2 Å². The van der Waals surface area contributed by atoms with E-state index in [1.54, 1.807) is 42.7 Å². The lowest BCUT2D eigenvalue weighted by Gasteiger charge is -2.07. The summed E-state index contributed by atoms with van der Waals surface area (Å²) in [5.41, 5.74) is 1.87. The van der Waals surface area contributed by atoms with Gasteiger partial charge < -0.3 is 14.8 Å². The highest BCUT2D eigenvalue weighted by molar-refractivity contribution is 7.89. The highest BCUT2D eigenvalue weighted by Crippen LogP contribution is 2.29. The molecule has 0 spiro atoms. The number of fused-ring (bicyclic) bond motifs is 1. The number of nitrogens with zero attached hydrogens (tertiary/aromatic N) is 1. The fraction of sp³-hybridized carbons (Fsp3) is 0.278. The van der Waals surface area contributed by atoms with Crippen LogP contribution in [0.3, 0.4) is 0 Å². The number of nitrogens with one attached hydrogen (secondary N) is 2. The van der Waals surface area contributed by atoms with Crippen molar-refractivity contribution >= 4 is 36.7 Å². The van der Waals surface area contributed by atoms with Crippen LogP contribution in [0.5, 0.6) is 5.75 Å². The Morgan fingerprint density at radius 2 is 1.89 bits per heavy atom. The quantitative estimate of drug-likeness (QED) is 0.530. The second-order valence-electron chi connectivity index (χ2n) is 5.74. The largest absolute Gasteiger partial charge is 0.497 e. The number of ether oxygens (including phenoxy) is 2. The Morgan fingerprint density at radius 1 is 1.11 bits per heavy atom. The van der Waals surface area contributed by atoms with Crippen molar-refractivity contribution in [3.05, 3.63) is 48.0 Å². The third kappa shape index (κ3) is 4.95. The Morgan fingerprint density at radius 3 is 2.59 bits per heavy atom. The van der Waals surface area contributed by atoms with Crippen LogP contribution in [0.2, 0.25) is 0 Å². The van der Waals surface area contributed by atoms with E-state index in [9.17, 15) is 8.42 Å². The first kappa shape index (κ1) is 19.6. The SMILES string of the molecule is COCCNS(=O)(=O)c1ccc(CNc2nc3ccc(OC)cc3s2)cc1. The van der Waals surface area contributed by atoms with E-state index in [1.165, 1.54) is 7.11 Å². The second-order valence-corrected chi connectivity index (χ2v) is 8.54. The standard InChI is InChI=1S/C18H21N3O4S2/c1-24-10-9-20-27(22,23)15-6-3-13(4-7-15)12-19-18-21-16-8-5-14(25-2)11-17(16)26-18/h3-8,11,20H,9-10,12H2,1-2H3,(H,19,21). The molecule has 0 aliphatic rings. The summed E-state index contributed by atoms with van der Waals surface area (Å²) in [5, 5.41) is 4.07. The number of anilines is 1. The van der Waals surface area contributed by atoms with E-state index >= 15 is 0 Å². The molecule has 9 heteroatoms. The summed E-state index contributed by atoms with van der Waals surface area (Å²) < 4.78 is 37.9. The number of hydrogen-bond acceptors (Lipinski definition) is 7. The third-order valence-electron chi connectivity index (χ3n) is 3.87. The molecule has 3 aromatic rings. The minimum Gasteiger partial charge on any atom is -0.497 e. The van der Waals surface area contributed by atoms with Gasteiger partial charge in [0.2, 0.25) is 10.0 Å². The van der Waals surface area contributed by atoms with Gasteiger partial charge in [-0.2, -0.15) is 0 Å². The Bertz CT molecular complexity index is 1000. The number of rotatable bonds is 9. The van der Waals surface area contributed by atoms with Crippen molar-refractivity contribution in [1.29, 1.82) is 0 Å². The summed E-state index contributed by atoms with van der Waals surface area (Å²) in [7, 11) is -0.350. The van der Waals surface area contributed by atoms with Crippen LogP contribution in [0, 0.1) is 0 Å². The summed E-state index contributed by atoms with van der Waals surface area (Å²) in [6, 6.07) is 12.5. The maximum absolute atomic E-state index is 12.1. The molecule has 1 heterocycles. The van der Waals surface area contributed by atoms with Crippen molar-refractivity contribution in [2.24, 2.45) is 0 Å². The highest BCUT2D eigenvalue weighted by Gasteiger charge is 2.13. The molecule has 0 radical (unpaired) electrons. The fourth-order valence-corrected chi connectivity index (χ4v) is 4.34. The van der Waals surface area contributed by atoms with E-state index in [4.69, 9.17) is 9.47 Å². The number of benzene rings is 2.